The van der Waals surface area contributed by atoms with Crippen molar-refractivity contribution in [2.45, 2.75) is 25.9 Å². The molecule has 0 radical (unpaired) electrons. The largest absolute Gasteiger partial charge is 0.377 e. The predicted molar refractivity (Wildman–Crippen MR) is 42.0 cm³/mol. The Morgan fingerprint density at radius 2 is 2.55 bits per heavy atom. The smallest absolute Gasteiger partial charge is 0.210 e. The number of hydrogen-bond acceptors (Lipinski definition) is 2. The summed E-state index contributed by atoms with van der Waals surface area (Å²) in [5, 5.41) is 0. The van der Waals surface area contributed by atoms with Crippen molar-refractivity contribution >= 4 is 5.78 Å². The van der Waals surface area contributed by atoms with Gasteiger partial charge in [-0.25, -0.2) is 0 Å². The zero-order valence-electron chi connectivity index (χ0n) is 6.67. The number of carbonyl (C=O) groups is 1. The Balaban J connectivity index is 2.58. The van der Waals surface area contributed by atoms with E-state index >= 15 is 0 Å². The Morgan fingerprint density at radius 1 is 1.82 bits per heavy atom. The first kappa shape index (κ1) is 8.29. The van der Waals surface area contributed by atoms with Gasteiger partial charge in [-0.15, -0.1) is 6.42 Å². The Hall–Kier alpha value is -0.810. The van der Waals surface area contributed by atoms with E-state index in [2.05, 4.69) is 5.92 Å². The van der Waals surface area contributed by atoms with E-state index in [1.807, 2.05) is 6.92 Å². The minimum absolute atomic E-state index is 0.0370. The van der Waals surface area contributed by atoms with Gasteiger partial charge in [0.1, 0.15) is 0 Å². The van der Waals surface area contributed by atoms with Crippen molar-refractivity contribution in [2.24, 2.45) is 5.92 Å². The van der Waals surface area contributed by atoms with Crippen LogP contribution in [0.3, 0.4) is 0 Å². The van der Waals surface area contributed by atoms with Crippen molar-refractivity contribution in [3.05, 3.63) is 0 Å². The van der Waals surface area contributed by atoms with Crippen LogP contribution < -0.4 is 0 Å². The third-order valence-electron chi connectivity index (χ3n) is 2.09. The van der Waals surface area contributed by atoms with Crippen molar-refractivity contribution in [1.82, 2.24) is 0 Å². The van der Waals surface area contributed by atoms with E-state index in [-0.39, 0.29) is 17.8 Å². The fraction of sp³-hybridized carbons (Fsp3) is 0.667. The lowest BCUT2D eigenvalue weighted by molar-refractivity contribution is -0.118. The molecule has 0 aromatic carbocycles. The molecule has 2 atom stereocenters. The summed E-state index contributed by atoms with van der Waals surface area (Å²) in [6.45, 7) is 2.68. The van der Waals surface area contributed by atoms with E-state index in [4.69, 9.17) is 11.2 Å². The maximum atomic E-state index is 11.1. The summed E-state index contributed by atoms with van der Waals surface area (Å²) in [6.07, 6.45) is 6.75. The van der Waals surface area contributed by atoms with E-state index in [9.17, 15) is 4.79 Å². The highest BCUT2D eigenvalue weighted by Gasteiger charge is 2.31. The van der Waals surface area contributed by atoms with Crippen LogP contribution in [-0.4, -0.2) is 18.5 Å². The summed E-state index contributed by atoms with van der Waals surface area (Å²) in [7, 11) is 0. The van der Waals surface area contributed by atoms with Gasteiger partial charge in [-0.05, 0) is 18.8 Å². The second-order valence-corrected chi connectivity index (χ2v) is 2.72. The van der Waals surface area contributed by atoms with Crippen LogP contribution in [0, 0.1) is 18.3 Å². The van der Waals surface area contributed by atoms with Gasteiger partial charge in [0.2, 0.25) is 5.78 Å². The summed E-state index contributed by atoms with van der Waals surface area (Å²) in [6, 6.07) is 0. The number of ether oxygens (including phenoxy) is 1. The van der Waals surface area contributed by atoms with Crippen molar-refractivity contribution in [1.29, 1.82) is 0 Å². The molecule has 0 aromatic heterocycles. The topological polar surface area (TPSA) is 26.3 Å². The lowest BCUT2D eigenvalue weighted by atomic mass is 9.95. The van der Waals surface area contributed by atoms with Crippen LogP contribution in [0.4, 0.5) is 0 Å². The van der Waals surface area contributed by atoms with Gasteiger partial charge in [-0.1, -0.05) is 6.92 Å². The molecule has 0 aromatic rings. The zero-order valence-corrected chi connectivity index (χ0v) is 6.67. The summed E-state index contributed by atoms with van der Waals surface area (Å²) in [5.41, 5.74) is 0. The summed E-state index contributed by atoms with van der Waals surface area (Å²) >= 11 is 0. The first-order valence-electron chi connectivity index (χ1n) is 3.91. The van der Waals surface area contributed by atoms with Gasteiger partial charge in [0.15, 0.2) is 0 Å². The summed E-state index contributed by atoms with van der Waals surface area (Å²) in [4.78, 5) is 11.1. The lowest BCUT2D eigenvalue weighted by Crippen LogP contribution is -2.22. The summed E-state index contributed by atoms with van der Waals surface area (Å²) in [5.74, 6) is 2.01. The van der Waals surface area contributed by atoms with E-state index in [1.54, 1.807) is 0 Å². The van der Waals surface area contributed by atoms with Gasteiger partial charge in [-0.2, -0.15) is 0 Å². The molecule has 0 bridgehead atoms. The molecule has 2 nitrogen and oxygen atoms in total. The molecule has 0 saturated carbocycles. The Kier molecular flexibility index (Phi) is 2.67. The van der Waals surface area contributed by atoms with Gasteiger partial charge in [0.05, 0.1) is 12.0 Å². The molecular formula is C9H12O2. The van der Waals surface area contributed by atoms with Gasteiger partial charge < -0.3 is 4.74 Å². The van der Waals surface area contributed by atoms with Gasteiger partial charge in [0.25, 0.3) is 0 Å². The zero-order chi connectivity index (χ0) is 8.27. The number of rotatable bonds is 2. The Bertz CT molecular complexity index is 190. The molecule has 11 heavy (non-hydrogen) atoms. The van der Waals surface area contributed by atoms with Gasteiger partial charge in [-0.3, -0.25) is 4.79 Å². The minimum Gasteiger partial charge on any atom is -0.377 e. The van der Waals surface area contributed by atoms with Crippen LogP contribution in [0.25, 0.3) is 0 Å². The summed E-state index contributed by atoms with van der Waals surface area (Å²) < 4.78 is 5.32. The van der Waals surface area contributed by atoms with Gasteiger partial charge in [0, 0.05) is 6.61 Å². The quantitative estimate of drug-likeness (QED) is 0.436. The molecule has 1 aliphatic rings. The van der Waals surface area contributed by atoms with Crippen LogP contribution >= 0.6 is 0 Å². The van der Waals surface area contributed by atoms with E-state index in [0.29, 0.717) is 6.61 Å². The fourth-order valence-electron chi connectivity index (χ4n) is 1.46. The Labute approximate surface area is 66.9 Å². The SMILES string of the molecule is C#CC(=O)C1CCOC1CC. The van der Waals surface area contributed by atoms with Crippen LogP contribution in [0.5, 0.6) is 0 Å². The number of ketones is 1. The predicted octanol–water partition coefficient (Wildman–Crippen LogP) is 1.00. The second-order valence-electron chi connectivity index (χ2n) is 2.72. The number of hydrogen-bond donors (Lipinski definition) is 0. The normalized spacial score (nSPS) is 29.8. The van der Waals surface area contributed by atoms with Crippen molar-refractivity contribution in [2.75, 3.05) is 6.61 Å². The average Bonchev–Trinajstić information content (AvgIpc) is 2.50. The molecule has 0 spiro atoms. The third kappa shape index (κ3) is 1.61. The highest BCUT2D eigenvalue weighted by molar-refractivity contribution is 5.97. The first-order chi connectivity index (χ1) is 5.29. The fourth-order valence-corrected chi connectivity index (χ4v) is 1.46. The van der Waals surface area contributed by atoms with E-state index in [0.717, 1.165) is 12.8 Å². The number of Topliss-reactive ketones (excluding diaryl/α,β-unsaturated/α-hetero) is 1. The molecule has 1 rings (SSSR count). The molecule has 2 heteroatoms. The number of carbonyl (C=O) groups excluding carboxylic acids is 1. The van der Waals surface area contributed by atoms with E-state index in [1.165, 1.54) is 0 Å². The highest BCUT2D eigenvalue weighted by Crippen LogP contribution is 2.23. The monoisotopic (exact) mass is 152 g/mol. The minimum atomic E-state index is -0.102. The molecule has 0 N–H and O–H groups in total. The molecule has 1 aliphatic heterocycles. The van der Waals surface area contributed by atoms with Gasteiger partial charge >= 0.3 is 0 Å². The van der Waals surface area contributed by atoms with Crippen molar-refractivity contribution < 1.29 is 9.53 Å². The van der Waals surface area contributed by atoms with Crippen LogP contribution in [-0.2, 0) is 9.53 Å². The Morgan fingerprint density at radius 3 is 3.09 bits per heavy atom. The molecule has 60 valence electrons. The molecule has 0 aliphatic carbocycles. The van der Waals surface area contributed by atoms with Crippen molar-refractivity contribution in [3.63, 3.8) is 0 Å². The van der Waals surface area contributed by atoms with E-state index < -0.39 is 0 Å². The van der Waals surface area contributed by atoms with Crippen molar-refractivity contribution in [3.8, 4) is 12.3 Å². The van der Waals surface area contributed by atoms with Crippen LogP contribution in [0.15, 0.2) is 0 Å². The highest BCUT2D eigenvalue weighted by atomic mass is 16.5. The molecule has 1 saturated heterocycles. The molecule has 1 heterocycles. The maximum Gasteiger partial charge on any atom is 0.210 e. The second kappa shape index (κ2) is 3.54. The maximum absolute atomic E-state index is 11.1. The standard InChI is InChI=1S/C9H12O2/c1-3-8(10)7-5-6-11-9(7)4-2/h1,7,9H,4-6H2,2H3. The van der Waals surface area contributed by atoms with Crippen LogP contribution in [0.2, 0.25) is 0 Å². The lowest BCUT2D eigenvalue weighted by Gasteiger charge is -2.11. The van der Waals surface area contributed by atoms with Crippen LogP contribution in [0.1, 0.15) is 19.8 Å². The molecular weight excluding hydrogens is 140 g/mol. The third-order valence-corrected chi connectivity index (χ3v) is 2.09. The molecule has 0 amide bonds. The average molecular weight is 152 g/mol. The number of terminal acetylenes is 1. The first-order valence-corrected chi connectivity index (χ1v) is 3.91. The molecule has 2 unspecified atom stereocenters. The molecule has 1 fully saturated rings.